The van der Waals surface area contributed by atoms with Gasteiger partial charge in [0, 0.05) is 5.56 Å². The second-order valence-corrected chi connectivity index (χ2v) is 7.49. The molecule has 2 heterocycles. The van der Waals surface area contributed by atoms with Crippen molar-refractivity contribution in [1.29, 1.82) is 0 Å². The van der Waals surface area contributed by atoms with Gasteiger partial charge in [-0.15, -0.1) is 10.2 Å². The van der Waals surface area contributed by atoms with E-state index < -0.39 is 0 Å². The fraction of sp³-hybridized carbons (Fsp3) is 0.250. The number of aromatic nitrogens is 3. The molecular weight excluding hydrogens is 344 g/mol. The number of thioether (sulfide) groups is 1. The predicted octanol–water partition coefficient (Wildman–Crippen LogP) is 4.40. The molecule has 0 amide bonds. The second kappa shape index (κ2) is 6.96. The zero-order valence-electron chi connectivity index (χ0n) is 15.0. The number of ether oxygens (including phenoxy) is 1. The van der Waals surface area contributed by atoms with Crippen molar-refractivity contribution in [2.24, 2.45) is 5.10 Å². The summed E-state index contributed by atoms with van der Waals surface area (Å²) < 4.78 is 7.38. The van der Waals surface area contributed by atoms with Crippen LogP contribution in [0.5, 0.6) is 5.75 Å². The molecule has 4 rings (SSSR count). The number of fused-ring (bicyclic) bond motifs is 1. The summed E-state index contributed by atoms with van der Waals surface area (Å²) in [5.41, 5.74) is 4.33. The summed E-state index contributed by atoms with van der Waals surface area (Å²) in [6.07, 6.45) is 0. The number of hydrogen-bond acceptors (Lipinski definition) is 5. The van der Waals surface area contributed by atoms with E-state index in [0.29, 0.717) is 6.61 Å². The minimum absolute atomic E-state index is 0.204. The van der Waals surface area contributed by atoms with Gasteiger partial charge in [-0.05, 0) is 50.6 Å². The van der Waals surface area contributed by atoms with Crippen LogP contribution in [0.1, 0.15) is 25.0 Å². The SMILES string of the molecule is CCOc1ccc(C2=Nn3c(nnc3-c3ccc(C)cc3)S[C@@H]2C)cc1. The minimum atomic E-state index is 0.204. The monoisotopic (exact) mass is 364 g/mol. The van der Waals surface area contributed by atoms with Crippen LogP contribution >= 0.6 is 11.8 Å². The third kappa shape index (κ3) is 3.12. The van der Waals surface area contributed by atoms with E-state index in [0.717, 1.165) is 33.6 Å². The zero-order chi connectivity index (χ0) is 18.1. The highest BCUT2D eigenvalue weighted by Crippen LogP contribution is 2.33. The van der Waals surface area contributed by atoms with Gasteiger partial charge < -0.3 is 4.74 Å². The molecule has 3 aromatic rings. The summed E-state index contributed by atoms with van der Waals surface area (Å²) in [5, 5.41) is 14.6. The average molecular weight is 364 g/mol. The van der Waals surface area contributed by atoms with Gasteiger partial charge in [-0.2, -0.15) is 9.78 Å². The van der Waals surface area contributed by atoms with Crippen molar-refractivity contribution in [2.75, 3.05) is 6.61 Å². The third-order valence-corrected chi connectivity index (χ3v) is 5.30. The molecule has 0 bridgehead atoms. The van der Waals surface area contributed by atoms with E-state index in [1.807, 2.05) is 23.7 Å². The number of rotatable bonds is 4. The molecule has 6 heteroatoms. The van der Waals surface area contributed by atoms with Crippen molar-refractivity contribution in [3.63, 3.8) is 0 Å². The van der Waals surface area contributed by atoms with Gasteiger partial charge in [0.05, 0.1) is 17.6 Å². The Hall–Kier alpha value is -2.60. The van der Waals surface area contributed by atoms with Crippen LogP contribution in [0, 0.1) is 6.92 Å². The van der Waals surface area contributed by atoms with Crippen molar-refractivity contribution >= 4 is 17.5 Å². The Labute approximate surface area is 157 Å². The molecule has 0 spiro atoms. The molecule has 1 aliphatic heterocycles. The highest BCUT2D eigenvalue weighted by Gasteiger charge is 2.26. The average Bonchev–Trinajstić information content (AvgIpc) is 3.05. The molecule has 132 valence electrons. The maximum absolute atomic E-state index is 5.54. The fourth-order valence-corrected chi connectivity index (χ4v) is 3.82. The highest BCUT2D eigenvalue weighted by molar-refractivity contribution is 8.00. The summed E-state index contributed by atoms with van der Waals surface area (Å²) in [4.78, 5) is 0. The normalized spacial score (nSPS) is 16.1. The van der Waals surface area contributed by atoms with Gasteiger partial charge in [0.15, 0.2) is 5.82 Å². The summed E-state index contributed by atoms with van der Waals surface area (Å²) >= 11 is 1.68. The lowest BCUT2D eigenvalue weighted by Crippen LogP contribution is -2.21. The molecule has 0 radical (unpaired) electrons. The van der Waals surface area contributed by atoms with Gasteiger partial charge in [-0.1, -0.05) is 41.6 Å². The lowest BCUT2D eigenvalue weighted by atomic mass is 10.1. The van der Waals surface area contributed by atoms with Gasteiger partial charge in [0.1, 0.15) is 5.75 Å². The smallest absolute Gasteiger partial charge is 0.213 e. The Balaban J connectivity index is 1.73. The first-order chi connectivity index (χ1) is 12.7. The molecule has 0 fully saturated rings. The Morgan fingerprint density at radius 1 is 1.00 bits per heavy atom. The molecule has 0 saturated heterocycles. The summed E-state index contributed by atoms with van der Waals surface area (Å²) in [7, 11) is 0. The molecule has 0 unspecified atom stereocenters. The lowest BCUT2D eigenvalue weighted by Gasteiger charge is -2.20. The number of benzene rings is 2. The molecule has 5 nitrogen and oxygen atoms in total. The molecule has 1 aromatic heterocycles. The van der Waals surface area contributed by atoms with E-state index in [9.17, 15) is 0 Å². The highest BCUT2D eigenvalue weighted by atomic mass is 32.2. The van der Waals surface area contributed by atoms with Crippen molar-refractivity contribution in [2.45, 2.75) is 31.2 Å². The molecule has 0 aliphatic carbocycles. The molecule has 1 atom stereocenters. The van der Waals surface area contributed by atoms with Crippen LogP contribution in [-0.2, 0) is 0 Å². The second-order valence-electron chi connectivity index (χ2n) is 6.19. The van der Waals surface area contributed by atoms with Crippen LogP contribution < -0.4 is 4.74 Å². The van der Waals surface area contributed by atoms with Crippen LogP contribution in [-0.4, -0.2) is 32.4 Å². The van der Waals surface area contributed by atoms with Gasteiger partial charge in [0.2, 0.25) is 5.16 Å². The Kier molecular flexibility index (Phi) is 4.51. The third-order valence-electron chi connectivity index (χ3n) is 4.26. The number of aryl methyl sites for hydroxylation is 1. The van der Waals surface area contributed by atoms with Gasteiger partial charge in [0.25, 0.3) is 0 Å². The maximum Gasteiger partial charge on any atom is 0.213 e. The molecule has 26 heavy (non-hydrogen) atoms. The largest absolute Gasteiger partial charge is 0.494 e. The molecule has 2 aromatic carbocycles. The quantitative estimate of drug-likeness (QED) is 0.688. The fourth-order valence-electron chi connectivity index (χ4n) is 2.90. The van der Waals surface area contributed by atoms with E-state index in [1.165, 1.54) is 5.56 Å². The number of nitrogens with zero attached hydrogens (tertiary/aromatic N) is 4. The van der Waals surface area contributed by atoms with E-state index in [-0.39, 0.29) is 5.25 Å². The first kappa shape index (κ1) is 16.8. The van der Waals surface area contributed by atoms with Gasteiger partial charge in [-0.3, -0.25) is 0 Å². The van der Waals surface area contributed by atoms with Crippen LogP contribution in [0.4, 0.5) is 0 Å². The standard InChI is InChI=1S/C20H20N4OS/c1-4-25-17-11-9-15(10-12-17)18-14(3)26-20-22-21-19(24(20)23-18)16-7-5-13(2)6-8-16/h5-12,14H,4H2,1-3H3/t14-/m1/s1. The van der Waals surface area contributed by atoms with Gasteiger partial charge >= 0.3 is 0 Å². The predicted molar refractivity (Wildman–Crippen MR) is 105 cm³/mol. The van der Waals surface area contributed by atoms with E-state index in [1.54, 1.807) is 11.8 Å². The Bertz CT molecular complexity index is 945. The van der Waals surface area contributed by atoms with Crippen LogP contribution in [0.3, 0.4) is 0 Å². The summed E-state index contributed by atoms with van der Waals surface area (Å²) in [6.45, 7) is 6.86. The minimum Gasteiger partial charge on any atom is -0.494 e. The summed E-state index contributed by atoms with van der Waals surface area (Å²) in [6, 6.07) is 16.4. The van der Waals surface area contributed by atoms with Crippen LogP contribution in [0.15, 0.2) is 58.8 Å². The maximum atomic E-state index is 5.54. The molecule has 0 saturated carbocycles. The van der Waals surface area contributed by atoms with Crippen LogP contribution in [0.2, 0.25) is 0 Å². The lowest BCUT2D eigenvalue weighted by molar-refractivity contribution is 0.340. The van der Waals surface area contributed by atoms with E-state index >= 15 is 0 Å². The van der Waals surface area contributed by atoms with E-state index in [2.05, 4.69) is 60.4 Å². The first-order valence-electron chi connectivity index (χ1n) is 8.67. The molecular formula is C20H20N4OS. The van der Waals surface area contributed by atoms with Crippen molar-refractivity contribution < 1.29 is 4.74 Å². The van der Waals surface area contributed by atoms with Crippen molar-refractivity contribution in [1.82, 2.24) is 14.9 Å². The Morgan fingerprint density at radius 2 is 1.69 bits per heavy atom. The first-order valence-corrected chi connectivity index (χ1v) is 9.55. The Morgan fingerprint density at radius 3 is 2.38 bits per heavy atom. The van der Waals surface area contributed by atoms with Crippen LogP contribution in [0.25, 0.3) is 11.4 Å². The molecule has 1 aliphatic rings. The van der Waals surface area contributed by atoms with Gasteiger partial charge in [-0.25, -0.2) is 0 Å². The topological polar surface area (TPSA) is 52.3 Å². The van der Waals surface area contributed by atoms with E-state index in [4.69, 9.17) is 9.84 Å². The van der Waals surface area contributed by atoms with Crippen molar-refractivity contribution in [3.05, 3.63) is 59.7 Å². The summed E-state index contributed by atoms with van der Waals surface area (Å²) in [5.74, 6) is 1.64. The van der Waals surface area contributed by atoms with Crippen molar-refractivity contribution in [3.8, 4) is 17.1 Å². The zero-order valence-corrected chi connectivity index (χ0v) is 15.8. The molecule has 0 N–H and O–H groups in total. The number of hydrogen-bond donors (Lipinski definition) is 0.